The average molecular weight is 422 g/mol. The molecule has 3 heterocycles. The maximum Gasteiger partial charge on any atom is 0.137 e. The molecule has 31 heavy (non-hydrogen) atoms. The van der Waals surface area contributed by atoms with Crippen molar-refractivity contribution in [1.29, 1.82) is 0 Å². The summed E-state index contributed by atoms with van der Waals surface area (Å²) in [6, 6.07) is 7.98. The van der Waals surface area contributed by atoms with E-state index in [1.807, 2.05) is 30.4 Å². The molecule has 0 saturated heterocycles. The maximum atomic E-state index is 14.7. The number of aliphatic hydroxyl groups is 1. The minimum absolute atomic E-state index is 0.0574. The number of aromatic nitrogens is 6. The third-order valence-electron chi connectivity index (χ3n) is 5.11. The Morgan fingerprint density at radius 1 is 1.16 bits per heavy atom. The lowest BCUT2D eigenvalue weighted by molar-refractivity contribution is -0.0369. The quantitative estimate of drug-likeness (QED) is 0.493. The van der Waals surface area contributed by atoms with Gasteiger partial charge in [0, 0.05) is 29.6 Å². The summed E-state index contributed by atoms with van der Waals surface area (Å²) in [4.78, 5) is 8.11. The molecule has 3 aromatic heterocycles. The van der Waals surface area contributed by atoms with Gasteiger partial charge in [0.15, 0.2) is 0 Å². The molecule has 0 aliphatic carbocycles. The van der Waals surface area contributed by atoms with Gasteiger partial charge in [0.1, 0.15) is 29.9 Å². The van der Waals surface area contributed by atoms with E-state index in [4.69, 9.17) is 0 Å². The fraction of sp³-hybridized carbons (Fsp3) is 0.182. The van der Waals surface area contributed by atoms with Gasteiger partial charge in [0.2, 0.25) is 0 Å². The van der Waals surface area contributed by atoms with Crippen molar-refractivity contribution in [3.8, 4) is 0 Å². The molecule has 0 spiro atoms. The van der Waals surface area contributed by atoms with Crippen LogP contribution in [0.2, 0.25) is 0 Å². The Labute approximate surface area is 177 Å². The Balaban J connectivity index is 1.67. The molecule has 0 radical (unpaired) electrons. The molecule has 2 atom stereocenters. The van der Waals surface area contributed by atoms with Crippen molar-refractivity contribution in [2.75, 3.05) is 0 Å². The van der Waals surface area contributed by atoms with Crippen molar-refractivity contribution in [2.24, 2.45) is 0 Å². The third kappa shape index (κ3) is 4.41. The van der Waals surface area contributed by atoms with Crippen LogP contribution in [-0.4, -0.2) is 34.6 Å². The zero-order chi connectivity index (χ0) is 21.8. The molecule has 0 bridgehead atoms. The Kier molecular flexibility index (Phi) is 5.68. The summed E-state index contributed by atoms with van der Waals surface area (Å²) >= 11 is 0. The largest absolute Gasteiger partial charge is 0.381 e. The zero-order valence-electron chi connectivity index (χ0n) is 16.7. The van der Waals surface area contributed by atoms with Crippen LogP contribution in [0.5, 0.6) is 0 Å². The number of benzene rings is 1. The van der Waals surface area contributed by atoms with Crippen molar-refractivity contribution in [2.45, 2.75) is 25.1 Å². The molecule has 0 aliphatic rings. The van der Waals surface area contributed by atoms with Crippen LogP contribution in [0.3, 0.4) is 0 Å². The highest BCUT2D eigenvalue weighted by molar-refractivity contribution is 5.67. The molecule has 4 aromatic rings. The van der Waals surface area contributed by atoms with Gasteiger partial charge in [-0.05, 0) is 37.3 Å². The monoisotopic (exact) mass is 422 g/mol. The Morgan fingerprint density at radius 2 is 2.03 bits per heavy atom. The zero-order valence-corrected chi connectivity index (χ0v) is 16.7. The first-order chi connectivity index (χ1) is 15.0. The predicted molar refractivity (Wildman–Crippen MR) is 110 cm³/mol. The van der Waals surface area contributed by atoms with Gasteiger partial charge in [-0.3, -0.25) is 9.67 Å². The number of halogens is 2. The summed E-state index contributed by atoms with van der Waals surface area (Å²) in [5.74, 6) is -1.57. The molecule has 7 nitrogen and oxygen atoms in total. The Bertz CT molecular complexity index is 1180. The van der Waals surface area contributed by atoms with Gasteiger partial charge in [0.05, 0.1) is 24.5 Å². The molecule has 158 valence electrons. The van der Waals surface area contributed by atoms with Crippen LogP contribution >= 0.6 is 0 Å². The van der Waals surface area contributed by atoms with Gasteiger partial charge in [-0.25, -0.2) is 18.4 Å². The average Bonchev–Trinajstić information content (AvgIpc) is 3.44. The molecule has 9 heteroatoms. The van der Waals surface area contributed by atoms with E-state index in [1.54, 1.807) is 25.5 Å². The number of rotatable bonds is 7. The predicted octanol–water partition coefficient (Wildman–Crippen LogP) is 3.47. The van der Waals surface area contributed by atoms with E-state index in [-0.39, 0.29) is 12.1 Å². The fourth-order valence-electron chi connectivity index (χ4n) is 3.37. The summed E-state index contributed by atoms with van der Waals surface area (Å²) in [7, 11) is 0. The minimum Gasteiger partial charge on any atom is -0.381 e. The maximum absolute atomic E-state index is 14.7. The standard InChI is InChI=1S/C22H20F2N6O/c1-16(30-12-17(11-27-30)5-7-19-4-2-3-9-26-19)22(31,13-29-15-25-14-28-29)20-8-6-18(23)10-21(20)24/h2-12,14-16,31H,13H2,1H3/t16-,22-/m1/s1. The number of nitrogens with zero attached hydrogens (tertiary/aromatic N) is 6. The lowest BCUT2D eigenvalue weighted by Crippen LogP contribution is -2.40. The van der Waals surface area contributed by atoms with Gasteiger partial charge in [0.25, 0.3) is 0 Å². The van der Waals surface area contributed by atoms with Gasteiger partial charge in [-0.1, -0.05) is 12.1 Å². The van der Waals surface area contributed by atoms with Crippen LogP contribution in [0.4, 0.5) is 8.78 Å². The molecule has 1 aromatic carbocycles. The summed E-state index contributed by atoms with van der Waals surface area (Å²) in [6.45, 7) is 1.61. The van der Waals surface area contributed by atoms with Crippen molar-refractivity contribution in [3.05, 3.63) is 96.1 Å². The number of pyridine rings is 1. The molecule has 0 fully saturated rings. The number of hydrogen-bond donors (Lipinski definition) is 1. The van der Waals surface area contributed by atoms with Crippen LogP contribution in [-0.2, 0) is 12.1 Å². The summed E-state index contributed by atoms with van der Waals surface area (Å²) in [6.07, 6.45) is 11.5. The topological polar surface area (TPSA) is 81.6 Å². The highest BCUT2D eigenvalue weighted by Crippen LogP contribution is 2.36. The smallest absolute Gasteiger partial charge is 0.137 e. The summed E-state index contributed by atoms with van der Waals surface area (Å²) < 4.78 is 31.1. The molecule has 0 saturated carbocycles. The van der Waals surface area contributed by atoms with E-state index in [1.165, 1.54) is 28.1 Å². The van der Waals surface area contributed by atoms with Crippen molar-refractivity contribution < 1.29 is 13.9 Å². The minimum atomic E-state index is -1.78. The van der Waals surface area contributed by atoms with Gasteiger partial charge >= 0.3 is 0 Å². The Hall–Kier alpha value is -3.72. The second-order valence-electron chi connectivity index (χ2n) is 7.16. The molecular weight excluding hydrogens is 402 g/mol. The van der Waals surface area contributed by atoms with E-state index in [0.717, 1.165) is 23.4 Å². The highest BCUT2D eigenvalue weighted by atomic mass is 19.1. The first kappa shape index (κ1) is 20.5. The molecule has 4 rings (SSSR count). The SMILES string of the molecule is C[C@@H](n1cc(C=Cc2ccccn2)cn1)[C@](O)(Cn1cncn1)c1ccc(F)cc1F. The molecule has 0 aliphatic heterocycles. The van der Waals surface area contributed by atoms with Crippen molar-refractivity contribution >= 4 is 12.2 Å². The van der Waals surface area contributed by atoms with Crippen molar-refractivity contribution in [1.82, 2.24) is 29.5 Å². The van der Waals surface area contributed by atoms with Crippen LogP contribution in [0.25, 0.3) is 12.2 Å². The van der Waals surface area contributed by atoms with Gasteiger partial charge < -0.3 is 5.11 Å². The molecular formula is C22H20F2N6O. The fourth-order valence-corrected chi connectivity index (χ4v) is 3.37. The van der Waals surface area contributed by atoms with Crippen LogP contribution in [0.1, 0.15) is 29.8 Å². The first-order valence-corrected chi connectivity index (χ1v) is 9.59. The second-order valence-corrected chi connectivity index (χ2v) is 7.16. The van der Waals surface area contributed by atoms with E-state index in [2.05, 4.69) is 20.2 Å². The summed E-state index contributed by atoms with van der Waals surface area (Å²) in [5.41, 5.74) is -0.267. The van der Waals surface area contributed by atoms with E-state index < -0.39 is 23.3 Å². The van der Waals surface area contributed by atoms with E-state index in [0.29, 0.717) is 0 Å². The lowest BCUT2D eigenvalue weighted by atomic mass is 9.86. The van der Waals surface area contributed by atoms with Gasteiger partial charge in [-0.15, -0.1) is 0 Å². The normalized spacial score (nSPS) is 14.6. The van der Waals surface area contributed by atoms with E-state index in [9.17, 15) is 13.9 Å². The third-order valence-corrected chi connectivity index (χ3v) is 5.11. The van der Waals surface area contributed by atoms with Crippen LogP contribution in [0, 0.1) is 11.6 Å². The highest BCUT2D eigenvalue weighted by Gasteiger charge is 2.40. The molecule has 0 amide bonds. The second kappa shape index (κ2) is 8.57. The van der Waals surface area contributed by atoms with Crippen LogP contribution < -0.4 is 0 Å². The van der Waals surface area contributed by atoms with Crippen molar-refractivity contribution in [3.63, 3.8) is 0 Å². The molecule has 1 N–H and O–H groups in total. The number of hydrogen-bond acceptors (Lipinski definition) is 5. The van der Waals surface area contributed by atoms with E-state index >= 15 is 0 Å². The first-order valence-electron chi connectivity index (χ1n) is 9.59. The molecule has 0 unspecified atom stereocenters. The van der Waals surface area contributed by atoms with Crippen LogP contribution in [0.15, 0.2) is 67.6 Å². The lowest BCUT2D eigenvalue weighted by Gasteiger charge is -2.34. The Morgan fingerprint density at radius 3 is 2.74 bits per heavy atom. The summed E-state index contributed by atoms with van der Waals surface area (Å²) in [5, 5.41) is 20.0. The van der Waals surface area contributed by atoms with Gasteiger partial charge in [-0.2, -0.15) is 10.2 Å².